The van der Waals surface area contributed by atoms with Crippen LogP contribution >= 0.6 is 34.8 Å². The van der Waals surface area contributed by atoms with E-state index in [0.717, 1.165) is 6.42 Å². The van der Waals surface area contributed by atoms with E-state index in [9.17, 15) is 0 Å². The van der Waals surface area contributed by atoms with Gasteiger partial charge in [-0.1, -0.05) is 25.4 Å². The molecule has 2 aromatic rings. The number of halogens is 3. The van der Waals surface area contributed by atoms with E-state index in [1.807, 2.05) is 0 Å². The summed E-state index contributed by atoms with van der Waals surface area (Å²) in [4.78, 5) is 14.9. The zero-order valence-corrected chi connectivity index (χ0v) is 13.9. The summed E-state index contributed by atoms with van der Waals surface area (Å²) in [6, 6.07) is 3.26. The molecule has 0 aromatic carbocycles. The SMILES string of the molecule is CC(C)CCOc1ccnc(Cl)n1.Clc1ccnc(Cl)n1. The Morgan fingerprint density at radius 2 is 1.62 bits per heavy atom. The van der Waals surface area contributed by atoms with E-state index in [1.165, 1.54) is 6.20 Å². The molecule has 0 aliphatic heterocycles. The summed E-state index contributed by atoms with van der Waals surface area (Å²) in [5.74, 6) is 1.18. The molecule has 8 heteroatoms. The summed E-state index contributed by atoms with van der Waals surface area (Å²) >= 11 is 16.3. The van der Waals surface area contributed by atoms with E-state index in [4.69, 9.17) is 39.5 Å². The molecule has 0 aliphatic rings. The fourth-order valence-corrected chi connectivity index (χ4v) is 1.58. The minimum Gasteiger partial charge on any atom is -0.478 e. The molecule has 0 saturated carbocycles. The summed E-state index contributed by atoms with van der Waals surface area (Å²) in [5.41, 5.74) is 0. The highest BCUT2D eigenvalue weighted by molar-refractivity contribution is 6.31. The van der Waals surface area contributed by atoms with Gasteiger partial charge < -0.3 is 4.74 Å². The van der Waals surface area contributed by atoms with Crippen molar-refractivity contribution >= 4 is 34.8 Å². The maximum Gasteiger partial charge on any atom is 0.225 e. The highest BCUT2D eigenvalue weighted by Crippen LogP contribution is 2.09. The maximum absolute atomic E-state index is 5.58. The van der Waals surface area contributed by atoms with Crippen molar-refractivity contribution < 1.29 is 4.74 Å². The number of hydrogen-bond acceptors (Lipinski definition) is 5. The molecule has 0 amide bonds. The van der Waals surface area contributed by atoms with Gasteiger partial charge >= 0.3 is 0 Å². The number of rotatable bonds is 4. The Balaban J connectivity index is 0.000000235. The fraction of sp³-hybridized carbons (Fsp3) is 0.385. The average Bonchev–Trinajstić information content (AvgIpc) is 2.38. The van der Waals surface area contributed by atoms with E-state index in [-0.39, 0.29) is 10.6 Å². The molecular weight excluding hydrogens is 335 g/mol. The highest BCUT2D eigenvalue weighted by Gasteiger charge is 1.98. The Bertz CT molecular complexity index is 537. The van der Waals surface area contributed by atoms with Crippen molar-refractivity contribution in [2.45, 2.75) is 20.3 Å². The van der Waals surface area contributed by atoms with Gasteiger partial charge in [0.05, 0.1) is 6.61 Å². The van der Waals surface area contributed by atoms with Crippen LogP contribution in [0.3, 0.4) is 0 Å². The minimum absolute atomic E-state index is 0.178. The van der Waals surface area contributed by atoms with Crippen LogP contribution in [0.2, 0.25) is 15.7 Å². The molecule has 0 radical (unpaired) electrons. The van der Waals surface area contributed by atoms with Crippen molar-refractivity contribution in [3.63, 3.8) is 0 Å². The molecule has 0 N–H and O–H groups in total. The normalized spacial score (nSPS) is 10.0. The molecule has 114 valence electrons. The van der Waals surface area contributed by atoms with Crippen LogP contribution in [0.4, 0.5) is 0 Å². The van der Waals surface area contributed by atoms with Crippen molar-refractivity contribution in [2.24, 2.45) is 5.92 Å². The van der Waals surface area contributed by atoms with Crippen LogP contribution in [0.25, 0.3) is 0 Å². The van der Waals surface area contributed by atoms with E-state index in [0.29, 0.717) is 23.6 Å². The first-order chi connectivity index (χ1) is 9.97. The molecular formula is C13H15Cl3N4O. The lowest BCUT2D eigenvalue weighted by molar-refractivity contribution is 0.279. The van der Waals surface area contributed by atoms with Crippen LogP contribution < -0.4 is 4.74 Å². The van der Waals surface area contributed by atoms with E-state index in [2.05, 4.69) is 33.8 Å². The van der Waals surface area contributed by atoms with Crippen LogP contribution in [0, 0.1) is 5.92 Å². The number of hydrogen-bond donors (Lipinski definition) is 0. The van der Waals surface area contributed by atoms with Crippen LogP contribution in [0.5, 0.6) is 5.88 Å². The zero-order chi connectivity index (χ0) is 15.7. The lowest BCUT2D eigenvalue weighted by Crippen LogP contribution is -2.02. The van der Waals surface area contributed by atoms with Crippen LogP contribution in [-0.2, 0) is 0 Å². The summed E-state index contributed by atoms with van der Waals surface area (Å²) in [7, 11) is 0. The van der Waals surface area contributed by atoms with Crippen molar-refractivity contribution in [1.82, 2.24) is 19.9 Å². The lowest BCUT2D eigenvalue weighted by Gasteiger charge is -2.06. The fourth-order valence-electron chi connectivity index (χ4n) is 1.11. The maximum atomic E-state index is 5.58. The Kier molecular flexibility index (Phi) is 8.27. The quantitative estimate of drug-likeness (QED) is 0.607. The van der Waals surface area contributed by atoms with Crippen molar-refractivity contribution in [2.75, 3.05) is 6.61 Å². The molecule has 0 bridgehead atoms. The molecule has 0 fully saturated rings. The van der Waals surface area contributed by atoms with Gasteiger partial charge in [-0.25, -0.2) is 15.0 Å². The monoisotopic (exact) mass is 348 g/mol. The van der Waals surface area contributed by atoms with Crippen LogP contribution in [0.1, 0.15) is 20.3 Å². The standard InChI is InChI=1S/C9H13ClN2O.C4H2Cl2N2/c1-7(2)4-6-13-8-3-5-11-9(10)12-8;5-3-1-2-7-4(6)8-3/h3,5,7H,4,6H2,1-2H3;1-2H. The third kappa shape index (κ3) is 8.65. The predicted molar refractivity (Wildman–Crippen MR) is 84.0 cm³/mol. The van der Waals surface area contributed by atoms with Gasteiger partial charge in [0.25, 0.3) is 0 Å². The average molecular weight is 350 g/mol. The van der Waals surface area contributed by atoms with Gasteiger partial charge in [-0.15, -0.1) is 0 Å². The predicted octanol–water partition coefficient (Wildman–Crippen LogP) is 4.34. The lowest BCUT2D eigenvalue weighted by atomic mass is 10.1. The molecule has 0 aliphatic carbocycles. The zero-order valence-electron chi connectivity index (χ0n) is 11.6. The Labute approximate surface area is 138 Å². The Hall–Kier alpha value is -1.17. The molecule has 0 spiro atoms. The first-order valence-electron chi connectivity index (χ1n) is 6.22. The molecule has 5 nitrogen and oxygen atoms in total. The summed E-state index contributed by atoms with van der Waals surface area (Å²) in [5, 5.41) is 0.768. The molecule has 2 rings (SSSR count). The largest absolute Gasteiger partial charge is 0.478 e. The van der Waals surface area contributed by atoms with Gasteiger partial charge in [0.15, 0.2) is 0 Å². The van der Waals surface area contributed by atoms with Gasteiger partial charge in [0.2, 0.25) is 16.4 Å². The summed E-state index contributed by atoms with van der Waals surface area (Å²) < 4.78 is 5.36. The number of nitrogens with zero attached hydrogens (tertiary/aromatic N) is 4. The van der Waals surface area contributed by atoms with Crippen LogP contribution in [0.15, 0.2) is 24.5 Å². The molecule has 2 heterocycles. The van der Waals surface area contributed by atoms with Gasteiger partial charge in [0, 0.05) is 18.5 Å². The first-order valence-corrected chi connectivity index (χ1v) is 7.36. The smallest absolute Gasteiger partial charge is 0.225 e. The second kappa shape index (κ2) is 9.71. The topological polar surface area (TPSA) is 60.8 Å². The summed E-state index contributed by atoms with van der Waals surface area (Å²) in [6.07, 6.45) is 4.10. The summed E-state index contributed by atoms with van der Waals surface area (Å²) in [6.45, 7) is 4.97. The van der Waals surface area contributed by atoms with Gasteiger partial charge in [0.1, 0.15) is 5.15 Å². The molecule has 2 aromatic heterocycles. The van der Waals surface area contributed by atoms with Gasteiger partial charge in [-0.3, -0.25) is 0 Å². The highest BCUT2D eigenvalue weighted by atomic mass is 35.5. The molecule has 0 atom stereocenters. The first kappa shape index (κ1) is 17.9. The second-order valence-corrected chi connectivity index (χ2v) is 5.41. The molecule has 21 heavy (non-hydrogen) atoms. The van der Waals surface area contributed by atoms with E-state index >= 15 is 0 Å². The molecule has 0 saturated heterocycles. The van der Waals surface area contributed by atoms with Crippen molar-refractivity contribution in [3.8, 4) is 5.88 Å². The van der Waals surface area contributed by atoms with E-state index in [1.54, 1.807) is 18.3 Å². The van der Waals surface area contributed by atoms with E-state index < -0.39 is 0 Å². The second-order valence-electron chi connectivity index (χ2n) is 4.34. The number of aromatic nitrogens is 4. The Morgan fingerprint density at radius 3 is 2.10 bits per heavy atom. The van der Waals surface area contributed by atoms with Crippen LogP contribution in [-0.4, -0.2) is 26.5 Å². The number of ether oxygens (including phenoxy) is 1. The third-order valence-electron chi connectivity index (χ3n) is 2.14. The van der Waals surface area contributed by atoms with Gasteiger partial charge in [-0.2, -0.15) is 4.98 Å². The molecule has 0 unspecified atom stereocenters. The Morgan fingerprint density at radius 1 is 1.00 bits per heavy atom. The third-order valence-corrected chi connectivity index (χ3v) is 2.71. The van der Waals surface area contributed by atoms with Crippen molar-refractivity contribution in [1.29, 1.82) is 0 Å². The minimum atomic E-state index is 0.178. The van der Waals surface area contributed by atoms with Crippen molar-refractivity contribution in [3.05, 3.63) is 40.2 Å². The van der Waals surface area contributed by atoms with Gasteiger partial charge in [-0.05, 0) is 41.6 Å².